The molecular weight excluding hydrogens is 362 g/mol. The molecule has 1 aliphatic rings. The van der Waals surface area contributed by atoms with E-state index in [1.54, 1.807) is 42.5 Å². The first-order chi connectivity index (χ1) is 13.4. The van der Waals surface area contributed by atoms with E-state index < -0.39 is 0 Å². The lowest BCUT2D eigenvalue weighted by Crippen LogP contribution is -2.36. The normalized spacial score (nSPS) is 12.1. The highest BCUT2D eigenvalue weighted by atomic mass is 16.6. The smallest absolute Gasteiger partial charge is 0.244 e. The first-order valence-corrected chi connectivity index (χ1v) is 8.77. The summed E-state index contributed by atoms with van der Waals surface area (Å²) >= 11 is 0. The number of ether oxygens (including phenoxy) is 2. The van der Waals surface area contributed by atoms with Crippen LogP contribution in [-0.4, -0.2) is 37.5 Å². The number of rotatable bonds is 5. The number of hydrogen-bond donors (Lipinski definition) is 2. The fourth-order valence-corrected chi connectivity index (χ4v) is 2.77. The molecule has 2 aromatic rings. The van der Waals surface area contributed by atoms with E-state index >= 15 is 0 Å². The summed E-state index contributed by atoms with van der Waals surface area (Å²) in [4.78, 5) is 36.9. The summed E-state index contributed by atoms with van der Waals surface area (Å²) in [5.41, 5.74) is 1.74. The highest BCUT2D eigenvalue weighted by Crippen LogP contribution is 2.34. The van der Waals surface area contributed by atoms with E-state index in [4.69, 9.17) is 9.47 Å². The fraction of sp³-hybridized carbons (Fsp3) is 0.250. The van der Waals surface area contributed by atoms with Crippen LogP contribution in [0.4, 0.5) is 17.1 Å². The Morgan fingerprint density at radius 2 is 1.50 bits per heavy atom. The number of carbonyl (C=O) groups is 3. The number of benzene rings is 2. The lowest BCUT2D eigenvalue weighted by Gasteiger charge is -2.24. The molecule has 0 aromatic heterocycles. The van der Waals surface area contributed by atoms with Crippen LogP contribution in [0.15, 0.2) is 42.5 Å². The quantitative estimate of drug-likeness (QED) is 0.826. The van der Waals surface area contributed by atoms with Crippen LogP contribution in [-0.2, 0) is 14.4 Å². The van der Waals surface area contributed by atoms with Gasteiger partial charge in [0.2, 0.25) is 17.7 Å². The van der Waals surface area contributed by atoms with Crippen molar-refractivity contribution in [3.8, 4) is 11.5 Å². The molecule has 0 aliphatic carbocycles. The van der Waals surface area contributed by atoms with Crippen molar-refractivity contribution in [2.75, 3.05) is 35.3 Å². The van der Waals surface area contributed by atoms with Crippen molar-refractivity contribution in [2.24, 2.45) is 0 Å². The molecule has 0 fully saturated rings. The van der Waals surface area contributed by atoms with E-state index in [2.05, 4.69) is 10.6 Å². The van der Waals surface area contributed by atoms with Gasteiger partial charge in [-0.3, -0.25) is 14.4 Å². The molecule has 0 unspecified atom stereocenters. The van der Waals surface area contributed by atoms with Crippen molar-refractivity contribution >= 4 is 34.8 Å². The number of anilines is 3. The molecule has 1 heterocycles. The highest BCUT2D eigenvalue weighted by molar-refractivity contribution is 6.02. The summed E-state index contributed by atoms with van der Waals surface area (Å²) in [6.45, 7) is 3.58. The van der Waals surface area contributed by atoms with Crippen molar-refractivity contribution in [3.05, 3.63) is 42.5 Å². The highest BCUT2D eigenvalue weighted by Gasteiger charge is 2.19. The van der Waals surface area contributed by atoms with Crippen LogP contribution in [0.2, 0.25) is 0 Å². The van der Waals surface area contributed by atoms with E-state index in [1.807, 2.05) is 0 Å². The van der Waals surface area contributed by atoms with Gasteiger partial charge in [0.15, 0.2) is 11.5 Å². The molecule has 8 nitrogen and oxygen atoms in total. The zero-order valence-electron chi connectivity index (χ0n) is 15.7. The molecule has 0 atom stereocenters. The van der Waals surface area contributed by atoms with Gasteiger partial charge in [0.05, 0.1) is 0 Å². The summed E-state index contributed by atoms with van der Waals surface area (Å²) in [6.07, 6.45) is 0. The minimum absolute atomic E-state index is 0.150. The van der Waals surface area contributed by atoms with Gasteiger partial charge in [-0.25, -0.2) is 0 Å². The predicted molar refractivity (Wildman–Crippen MR) is 105 cm³/mol. The van der Waals surface area contributed by atoms with Gasteiger partial charge in [-0.15, -0.1) is 0 Å². The van der Waals surface area contributed by atoms with Gasteiger partial charge in [-0.1, -0.05) is 0 Å². The Bertz CT molecular complexity index is 895. The molecule has 146 valence electrons. The number of hydrogen-bond acceptors (Lipinski definition) is 5. The summed E-state index contributed by atoms with van der Waals surface area (Å²) in [5.74, 6) is 0.365. The standard InChI is InChI=1S/C20H21N3O5/c1-13(24)21-15-3-5-16(6-4-15)22-20(26)12-23(14(2)25)17-7-8-18-19(11-17)28-10-9-27-18/h3-8,11H,9-10,12H2,1-2H3,(H,21,24)(H,22,26). The molecule has 2 aromatic carbocycles. The Morgan fingerprint density at radius 3 is 2.11 bits per heavy atom. The molecule has 0 saturated carbocycles. The topological polar surface area (TPSA) is 97.0 Å². The van der Waals surface area contributed by atoms with Crippen LogP contribution in [0.3, 0.4) is 0 Å². The molecule has 3 rings (SSSR count). The van der Waals surface area contributed by atoms with Gasteiger partial charge in [-0.05, 0) is 36.4 Å². The zero-order valence-corrected chi connectivity index (χ0v) is 15.7. The molecular formula is C20H21N3O5. The molecule has 2 N–H and O–H groups in total. The third kappa shape index (κ3) is 4.79. The van der Waals surface area contributed by atoms with E-state index in [0.29, 0.717) is 41.8 Å². The SMILES string of the molecule is CC(=O)Nc1ccc(NC(=O)CN(C(C)=O)c2ccc3c(c2)OCCO3)cc1. The first kappa shape index (κ1) is 19.2. The van der Waals surface area contributed by atoms with Crippen LogP contribution in [0, 0.1) is 0 Å². The predicted octanol–water partition coefficient (Wildman–Crippen LogP) is 2.41. The molecule has 0 saturated heterocycles. The van der Waals surface area contributed by atoms with Gasteiger partial charge in [0, 0.05) is 37.0 Å². The molecule has 28 heavy (non-hydrogen) atoms. The Hall–Kier alpha value is -3.55. The fourth-order valence-electron chi connectivity index (χ4n) is 2.77. The van der Waals surface area contributed by atoms with Crippen LogP contribution in [0.25, 0.3) is 0 Å². The van der Waals surface area contributed by atoms with Crippen molar-refractivity contribution < 1.29 is 23.9 Å². The number of nitrogens with one attached hydrogen (secondary N) is 2. The van der Waals surface area contributed by atoms with Crippen molar-refractivity contribution in [2.45, 2.75) is 13.8 Å². The minimum Gasteiger partial charge on any atom is -0.486 e. The maximum Gasteiger partial charge on any atom is 0.244 e. The second-order valence-corrected chi connectivity index (χ2v) is 6.24. The van der Waals surface area contributed by atoms with Gasteiger partial charge < -0.3 is 25.0 Å². The van der Waals surface area contributed by atoms with Gasteiger partial charge in [-0.2, -0.15) is 0 Å². The van der Waals surface area contributed by atoms with E-state index in [9.17, 15) is 14.4 Å². The summed E-state index contributed by atoms with van der Waals surface area (Å²) in [7, 11) is 0. The third-order valence-electron chi connectivity index (χ3n) is 4.01. The average molecular weight is 383 g/mol. The van der Waals surface area contributed by atoms with E-state index in [-0.39, 0.29) is 24.3 Å². The lowest BCUT2D eigenvalue weighted by atomic mass is 10.2. The molecule has 3 amide bonds. The van der Waals surface area contributed by atoms with Gasteiger partial charge >= 0.3 is 0 Å². The van der Waals surface area contributed by atoms with Crippen LogP contribution in [0.1, 0.15) is 13.8 Å². The lowest BCUT2D eigenvalue weighted by molar-refractivity contribution is -0.120. The van der Waals surface area contributed by atoms with Crippen molar-refractivity contribution in [1.29, 1.82) is 0 Å². The maximum atomic E-state index is 12.4. The molecule has 0 spiro atoms. The molecule has 0 radical (unpaired) electrons. The van der Waals surface area contributed by atoms with Crippen LogP contribution >= 0.6 is 0 Å². The summed E-state index contributed by atoms with van der Waals surface area (Å²) in [6, 6.07) is 11.8. The molecule has 0 bridgehead atoms. The second-order valence-electron chi connectivity index (χ2n) is 6.24. The van der Waals surface area contributed by atoms with Crippen LogP contribution < -0.4 is 25.0 Å². The average Bonchev–Trinajstić information content (AvgIpc) is 2.66. The summed E-state index contributed by atoms with van der Waals surface area (Å²) in [5, 5.41) is 5.39. The van der Waals surface area contributed by atoms with Gasteiger partial charge in [0.1, 0.15) is 19.8 Å². The Morgan fingerprint density at radius 1 is 0.893 bits per heavy atom. The van der Waals surface area contributed by atoms with Crippen molar-refractivity contribution in [1.82, 2.24) is 0 Å². The van der Waals surface area contributed by atoms with E-state index in [0.717, 1.165) is 0 Å². The maximum absolute atomic E-state index is 12.4. The monoisotopic (exact) mass is 383 g/mol. The molecule has 1 aliphatic heterocycles. The Balaban J connectivity index is 1.68. The Labute approximate surface area is 162 Å². The Kier molecular flexibility index (Phi) is 5.78. The van der Waals surface area contributed by atoms with E-state index in [1.165, 1.54) is 18.7 Å². The second kappa shape index (κ2) is 8.43. The minimum atomic E-state index is -0.350. The van der Waals surface area contributed by atoms with Crippen molar-refractivity contribution in [3.63, 3.8) is 0 Å². The largest absolute Gasteiger partial charge is 0.486 e. The zero-order chi connectivity index (χ0) is 20.1. The first-order valence-electron chi connectivity index (χ1n) is 8.77. The van der Waals surface area contributed by atoms with Gasteiger partial charge in [0.25, 0.3) is 0 Å². The third-order valence-corrected chi connectivity index (χ3v) is 4.01. The van der Waals surface area contributed by atoms with Crippen LogP contribution in [0.5, 0.6) is 11.5 Å². The number of nitrogens with zero attached hydrogens (tertiary/aromatic N) is 1. The number of carbonyl (C=O) groups excluding carboxylic acids is 3. The summed E-state index contributed by atoms with van der Waals surface area (Å²) < 4.78 is 11.0. The molecule has 8 heteroatoms. The number of fused-ring (bicyclic) bond motifs is 1. The number of amides is 3.